The van der Waals surface area contributed by atoms with Crippen LogP contribution < -0.4 is 5.32 Å². The molecular weight excluding hydrogens is 234 g/mol. The molecule has 3 N–H and O–H groups in total. The van der Waals surface area contributed by atoms with E-state index in [4.69, 9.17) is 5.11 Å². The first-order chi connectivity index (χ1) is 8.41. The first-order valence-corrected chi connectivity index (χ1v) is 5.73. The van der Waals surface area contributed by atoms with Gasteiger partial charge >= 0.3 is 5.97 Å². The van der Waals surface area contributed by atoms with Crippen LogP contribution in [0.1, 0.15) is 35.7 Å². The zero-order chi connectivity index (χ0) is 13.7. The molecule has 1 unspecified atom stereocenters. The Morgan fingerprint density at radius 1 is 1.39 bits per heavy atom. The lowest BCUT2D eigenvalue weighted by atomic mass is 10.1. The normalized spacial score (nSPS) is 11.9. The summed E-state index contributed by atoms with van der Waals surface area (Å²) in [6.45, 7) is 3.44. The molecule has 1 aromatic carbocycles. The number of carboxylic acids is 1. The maximum absolute atomic E-state index is 11.9. The van der Waals surface area contributed by atoms with Crippen molar-refractivity contribution in [2.24, 2.45) is 0 Å². The van der Waals surface area contributed by atoms with E-state index in [1.807, 2.05) is 0 Å². The van der Waals surface area contributed by atoms with Crippen LogP contribution in [0.15, 0.2) is 18.2 Å². The zero-order valence-electron chi connectivity index (χ0n) is 10.4. The van der Waals surface area contributed by atoms with E-state index in [2.05, 4.69) is 5.32 Å². The zero-order valence-corrected chi connectivity index (χ0v) is 10.4. The summed E-state index contributed by atoms with van der Waals surface area (Å²) in [5.41, 5.74) is 0.831. The number of aliphatic carboxylic acids is 1. The quantitative estimate of drug-likeness (QED) is 0.743. The number of aryl methyl sites for hydroxylation is 1. The highest BCUT2D eigenvalue weighted by Gasteiger charge is 2.15. The number of phenolic OH excluding ortho intramolecular Hbond substituents is 1. The molecule has 0 saturated carbocycles. The molecule has 1 rings (SSSR count). The summed E-state index contributed by atoms with van der Waals surface area (Å²) in [4.78, 5) is 22.3. The van der Waals surface area contributed by atoms with Crippen LogP contribution in [0.5, 0.6) is 5.75 Å². The predicted molar refractivity (Wildman–Crippen MR) is 66.6 cm³/mol. The van der Waals surface area contributed by atoms with Gasteiger partial charge in [-0.15, -0.1) is 0 Å². The third kappa shape index (κ3) is 3.76. The summed E-state index contributed by atoms with van der Waals surface area (Å²) >= 11 is 0. The first kappa shape index (κ1) is 14.0. The number of para-hydroxylation sites is 1. The Morgan fingerprint density at radius 3 is 2.67 bits per heavy atom. The summed E-state index contributed by atoms with van der Waals surface area (Å²) in [7, 11) is 0. The van der Waals surface area contributed by atoms with Crippen molar-refractivity contribution < 1.29 is 19.8 Å². The van der Waals surface area contributed by atoms with E-state index in [9.17, 15) is 14.7 Å². The maximum Gasteiger partial charge on any atom is 0.303 e. The van der Waals surface area contributed by atoms with Gasteiger partial charge in [0.15, 0.2) is 0 Å². The van der Waals surface area contributed by atoms with Gasteiger partial charge in [0.1, 0.15) is 5.75 Å². The van der Waals surface area contributed by atoms with Gasteiger partial charge in [0.25, 0.3) is 5.91 Å². The Balaban J connectivity index is 2.65. The van der Waals surface area contributed by atoms with E-state index in [1.54, 1.807) is 26.0 Å². The molecule has 0 spiro atoms. The fourth-order valence-electron chi connectivity index (χ4n) is 1.56. The number of rotatable bonds is 5. The number of hydrogen-bond donors (Lipinski definition) is 3. The molecule has 5 heteroatoms. The highest BCUT2D eigenvalue weighted by atomic mass is 16.4. The number of carboxylic acid groups (broad SMARTS) is 1. The van der Waals surface area contributed by atoms with Gasteiger partial charge in [-0.05, 0) is 31.9 Å². The number of phenols is 1. The number of nitrogens with one attached hydrogen (secondary N) is 1. The van der Waals surface area contributed by atoms with E-state index in [1.165, 1.54) is 6.07 Å². The van der Waals surface area contributed by atoms with Crippen LogP contribution in [-0.2, 0) is 4.79 Å². The van der Waals surface area contributed by atoms with Crippen molar-refractivity contribution in [1.82, 2.24) is 5.32 Å². The molecule has 5 nitrogen and oxygen atoms in total. The van der Waals surface area contributed by atoms with Crippen LogP contribution >= 0.6 is 0 Å². The van der Waals surface area contributed by atoms with E-state index >= 15 is 0 Å². The summed E-state index contributed by atoms with van der Waals surface area (Å²) in [5.74, 6) is -1.33. The SMILES string of the molecule is Cc1cccc(C(=O)NC(C)CCC(=O)O)c1O. The molecule has 0 aliphatic rings. The monoisotopic (exact) mass is 251 g/mol. The first-order valence-electron chi connectivity index (χ1n) is 5.73. The van der Waals surface area contributed by atoms with Gasteiger partial charge in [-0.2, -0.15) is 0 Å². The Labute approximate surface area is 105 Å². The van der Waals surface area contributed by atoms with E-state index in [0.29, 0.717) is 12.0 Å². The molecular formula is C13H17NO4. The van der Waals surface area contributed by atoms with Crippen LogP contribution in [0.4, 0.5) is 0 Å². The second kappa shape index (κ2) is 6.05. The largest absolute Gasteiger partial charge is 0.507 e. The lowest BCUT2D eigenvalue weighted by Gasteiger charge is -2.14. The van der Waals surface area contributed by atoms with Crippen molar-refractivity contribution in [2.75, 3.05) is 0 Å². The highest BCUT2D eigenvalue weighted by Crippen LogP contribution is 2.21. The fourth-order valence-corrected chi connectivity index (χ4v) is 1.56. The Hall–Kier alpha value is -2.04. The van der Waals surface area contributed by atoms with Crippen LogP contribution in [0, 0.1) is 6.92 Å². The van der Waals surface area contributed by atoms with Crippen LogP contribution in [0.3, 0.4) is 0 Å². The minimum atomic E-state index is -0.894. The number of hydrogen-bond acceptors (Lipinski definition) is 3. The highest BCUT2D eigenvalue weighted by molar-refractivity contribution is 5.97. The summed E-state index contributed by atoms with van der Waals surface area (Å²) in [6.07, 6.45) is 0.356. The van der Waals surface area contributed by atoms with Crippen LogP contribution in [-0.4, -0.2) is 28.1 Å². The summed E-state index contributed by atoms with van der Waals surface area (Å²) in [6, 6.07) is 4.67. The van der Waals surface area contributed by atoms with Crippen molar-refractivity contribution in [2.45, 2.75) is 32.7 Å². The number of carbonyl (C=O) groups is 2. The Bertz CT molecular complexity index is 456. The van der Waals surface area contributed by atoms with Gasteiger partial charge in [-0.1, -0.05) is 12.1 Å². The van der Waals surface area contributed by atoms with Crippen LogP contribution in [0.25, 0.3) is 0 Å². The molecule has 98 valence electrons. The molecule has 1 aromatic rings. The molecule has 0 saturated heterocycles. The second-order valence-corrected chi connectivity index (χ2v) is 4.28. The van der Waals surface area contributed by atoms with Gasteiger partial charge in [-0.25, -0.2) is 0 Å². The molecule has 0 aromatic heterocycles. The average molecular weight is 251 g/mol. The van der Waals surface area contributed by atoms with Crippen molar-refractivity contribution in [3.05, 3.63) is 29.3 Å². The smallest absolute Gasteiger partial charge is 0.303 e. The van der Waals surface area contributed by atoms with E-state index < -0.39 is 11.9 Å². The molecule has 18 heavy (non-hydrogen) atoms. The molecule has 0 heterocycles. The van der Waals surface area contributed by atoms with Crippen molar-refractivity contribution >= 4 is 11.9 Å². The number of amides is 1. The van der Waals surface area contributed by atoms with E-state index in [0.717, 1.165) is 0 Å². The number of carbonyl (C=O) groups excluding carboxylic acids is 1. The second-order valence-electron chi connectivity index (χ2n) is 4.28. The molecule has 1 atom stereocenters. The molecule has 1 amide bonds. The fraction of sp³-hybridized carbons (Fsp3) is 0.385. The van der Waals surface area contributed by atoms with Crippen LogP contribution in [0.2, 0.25) is 0 Å². The summed E-state index contributed by atoms with van der Waals surface area (Å²) < 4.78 is 0. The Morgan fingerprint density at radius 2 is 2.06 bits per heavy atom. The lowest BCUT2D eigenvalue weighted by Crippen LogP contribution is -2.33. The number of aromatic hydroxyl groups is 1. The third-order valence-corrected chi connectivity index (χ3v) is 2.65. The van der Waals surface area contributed by atoms with Gasteiger partial charge in [0.2, 0.25) is 0 Å². The minimum absolute atomic E-state index is 0.00124. The van der Waals surface area contributed by atoms with E-state index in [-0.39, 0.29) is 23.8 Å². The van der Waals surface area contributed by atoms with Crippen molar-refractivity contribution in [3.63, 3.8) is 0 Å². The van der Waals surface area contributed by atoms with Crippen molar-refractivity contribution in [3.8, 4) is 5.75 Å². The molecule has 0 aliphatic heterocycles. The van der Waals surface area contributed by atoms with Gasteiger partial charge in [0.05, 0.1) is 5.56 Å². The standard InChI is InChI=1S/C13H17NO4/c1-8-4-3-5-10(12(8)17)13(18)14-9(2)6-7-11(15)16/h3-5,9,17H,6-7H2,1-2H3,(H,14,18)(H,15,16). The molecule has 0 aliphatic carbocycles. The number of benzene rings is 1. The molecule has 0 fully saturated rings. The van der Waals surface area contributed by atoms with Gasteiger partial charge < -0.3 is 15.5 Å². The predicted octanol–water partition coefficient (Wildman–Crippen LogP) is 1.68. The Kier molecular flexibility index (Phi) is 4.71. The summed E-state index contributed by atoms with van der Waals surface area (Å²) in [5, 5.41) is 20.9. The van der Waals surface area contributed by atoms with Gasteiger partial charge in [0, 0.05) is 12.5 Å². The minimum Gasteiger partial charge on any atom is -0.507 e. The average Bonchev–Trinajstić information content (AvgIpc) is 2.30. The molecule has 0 bridgehead atoms. The maximum atomic E-state index is 11.9. The lowest BCUT2D eigenvalue weighted by molar-refractivity contribution is -0.137. The van der Waals surface area contributed by atoms with Gasteiger partial charge in [-0.3, -0.25) is 9.59 Å². The topological polar surface area (TPSA) is 86.6 Å². The van der Waals surface area contributed by atoms with Crippen molar-refractivity contribution in [1.29, 1.82) is 0 Å². The third-order valence-electron chi connectivity index (χ3n) is 2.65. The molecule has 0 radical (unpaired) electrons.